The van der Waals surface area contributed by atoms with Crippen molar-refractivity contribution in [2.24, 2.45) is 0 Å². The van der Waals surface area contributed by atoms with Crippen LogP contribution in [0.1, 0.15) is 37.0 Å². The van der Waals surface area contributed by atoms with Crippen molar-refractivity contribution in [3.8, 4) is 22.4 Å². The van der Waals surface area contributed by atoms with E-state index in [2.05, 4.69) is 20.4 Å². The van der Waals surface area contributed by atoms with Crippen molar-refractivity contribution in [1.29, 1.82) is 0 Å². The van der Waals surface area contributed by atoms with Gasteiger partial charge in [-0.25, -0.2) is 4.79 Å². The number of hydrogen-bond acceptors (Lipinski definition) is 7. The number of rotatable bonds is 7. The summed E-state index contributed by atoms with van der Waals surface area (Å²) >= 11 is 1.03. The standard InChI is InChI=1S/C27H22N3O3S.Na.H2O/c1-18(19-5-3-2-4-6-19)33-26(32)28-25-24(29-34-30-25)22-9-7-20(8-10-22)21-11-13-23(14-12-21)27(17-31)15-16-27;;/h2-14,18H,15-16H2,1H3,(H,28,30,32);;1H2/q-1;+1;/p-1/t18-;;/m1../s1. The Morgan fingerprint density at radius 1 is 0.944 bits per heavy atom. The smallest absolute Gasteiger partial charge is 0.870 e. The van der Waals surface area contributed by atoms with E-state index in [-0.39, 0.29) is 46.6 Å². The third-order valence-electron chi connectivity index (χ3n) is 6.14. The predicted molar refractivity (Wildman–Crippen MR) is 134 cm³/mol. The first-order valence-electron chi connectivity index (χ1n) is 11.0. The van der Waals surface area contributed by atoms with E-state index in [1.807, 2.05) is 85.8 Å². The van der Waals surface area contributed by atoms with Crippen LogP contribution in [0.2, 0.25) is 0 Å². The first-order valence-corrected chi connectivity index (χ1v) is 11.8. The maximum atomic E-state index is 12.4. The molecule has 5 rings (SSSR count). The van der Waals surface area contributed by atoms with Crippen LogP contribution in [-0.2, 0) is 14.9 Å². The molecule has 178 valence electrons. The molecule has 0 unspecified atom stereocenters. The fraction of sp³-hybridized carbons (Fsp3) is 0.185. The molecule has 1 saturated carbocycles. The number of aromatic nitrogens is 2. The molecule has 0 aliphatic heterocycles. The number of amides is 1. The number of carbonyl (C=O) groups is 1. The van der Waals surface area contributed by atoms with Gasteiger partial charge in [0, 0.05) is 5.56 Å². The second-order valence-corrected chi connectivity index (χ2v) is 8.91. The molecule has 1 fully saturated rings. The summed E-state index contributed by atoms with van der Waals surface area (Å²) in [5, 5.41) is 2.71. The largest absolute Gasteiger partial charge is 1.00 e. The fourth-order valence-corrected chi connectivity index (χ4v) is 4.44. The summed E-state index contributed by atoms with van der Waals surface area (Å²) in [6.07, 6.45) is 2.97. The summed E-state index contributed by atoms with van der Waals surface area (Å²) in [6, 6.07) is 25.5. The molecule has 0 spiro atoms. The van der Waals surface area contributed by atoms with E-state index >= 15 is 0 Å². The number of anilines is 1. The van der Waals surface area contributed by atoms with Crippen LogP contribution in [-0.4, -0.2) is 26.6 Å². The van der Waals surface area contributed by atoms with Crippen molar-refractivity contribution < 1.29 is 49.4 Å². The van der Waals surface area contributed by atoms with Gasteiger partial charge in [-0.05, 0) is 23.6 Å². The van der Waals surface area contributed by atoms with Crippen molar-refractivity contribution in [1.82, 2.24) is 8.75 Å². The molecule has 7 nitrogen and oxygen atoms in total. The van der Waals surface area contributed by atoms with E-state index in [9.17, 15) is 9.59 Å². The van der Waals surface area contributed by atoms with Crippen molar-refractivity contribution >= 4 is 29.9 Å². The van der Waals surface area contributed by atoms with Gasteiger partial charge in [-0.2, -0.15) is 8.75 Å². The van der Waals surface area contributed by atoms with Gasteiger partial charge in [0.05, 0.1) is 11.7 Å². The van der Waals surface area contributed by atoms with Crippen LogP contribution in [0.5, 0.6) is 0 Å². The Morgan fingerprint density at radius 2 is 1.53 bits per heavy atom. The minimum atomic E-state index is -0.581. The van der Waals surface area contributed by atoms with Gasteiger partial charge in [-0.1, -0.05) is 97.3 Å². The number of nitrogens with zero attached hydrogens (tertiary/aromatic N) is 2. The van der Waals surface area contributed by atoms with Gasteiger partial charge in [-0.3, -0.25) is 11.6 Å². The molecular formula is C27H23N3NaO4S-. The van der Waals surface area contributed by atoms with E-state index in [1.54, 1.807) is 0 Å². The minimum absolute atomic E-state index is 0. The van der Waals surface area contributed by atoms with Gasteiger partial charge in [0.15, 0.2) is 5.82 Å². The number of hydrogen-bond donors (Lipinski definition) is 1. The van der Waals surface area contributed by atoms with E-state index in [0.717, 1.165) is 52.4 Å². The first kappa shape index (κ1) is 27.7. The Hall–Kier alpha value is -2.88. The van der Waals surface area contributed by atoms with Crippen LogP contribution in [0, 0.1) is 0 Å². The molecule has 1 aromatic heterocycles. The summed E-state index contributed by atoms with van der Waals surface area (Å²) in [5.74, 6) is 0.368. The molecule has 0 bridgehead atoms. The zero-order valence-electron chi connectivity index (χ0n) is 20.0. The number of ether oxygens (including phenoxy) is 1. The molecule has 1 heterocycles. The van der Waals surface area contributed by atoms with Gasteiger partial charge in [0.1, 0.15) is 11.8 Å². The zero-order chi connectivity index (χ0) is 23.5. The van der Waals surface area contributed by atoms with E-state index in [4.69, 9.17) is 4.74 Å². The Balaban J connectivity index is 0.00000180. The molecule has 3 aromatic carbocycles. The van der Waals surface area contributed by atoms with E-state index < -0.39 is 6.09 Å². The first-order chi connectivity index (χ1) is 16.6. The third kappa shape index (κ3) is 5.91. The Labute approximate surface area is 235 Å². The van der Waals surface area contributed by atoms with Gasteiger partial charge in [0.25, 0.3) is 0 Å². The average molecular weight is 509 g/mol. The fourth-order valence-electron chi connectivity index (χ4n) is 3.92. The summed E-state index contributed by atoms with van der Waals surface area (Å²) in [6.45, 7) is 1.82. The maximum Gasteiger partial charge on any atom is 1.00 e. The Morgan fingerprint density at radius 3 is 2.11 bits per heavy atom. The predicted octanol–water partition coefficient (Wildman–Crippen LogP) is 3.15. The zero-order valence-corrected chi connectivity index (χ0v) is 22.8. The van der Waals surface area contributed by atoms with Crippen LogP contribution in [0.25, 0.3) is 22.4 Å². The Bertz CT molecular complexity index is 1310. The molecule has 36 heavy (non-hydrogen) atoms. The topological polar surface area (TPSA) is 111 Å². The monoisotopic (exact) mass is 508 g/mol. The van der Waals surface area contributed by atoms with Gasteiger partial charge < -0.3 is 15.0 Å². The summed E-state index contributed by atoms with van der Waals surface area (Å²) in [4.78, 5) is 23.7. The molecule has 1 amide bonds. The Kier molecular flexibility index (Phi) is 9.16. The number of benzene rings is 3. The second-order valence-electron chi connectivity index (χ2n) is 8.38. The van der Waals surface area contributed by atoms with Gasteiger partial charge in [-0.15, -0.1) is 5.41 Å². The van der Waals surface area contributed by atoms with Crippen molar-refractivity contribution in [3.05, 3.63) is 90.0 Å². The van der Waals surface area contributed by atoms with Gasteiger partial charge >= 0.3 is 35.7 Å². The normalized spacial score (nSPS) is 13.9. The van der Waals surface area contributed by atoms with Crippen LogP contribution in [0.4, 0.5) is 10.6 Å². The molecule has 1 aliphatic carbocycles. The van der Waals surface area contributed by atoms with Crippen molar-refractivity contribution in [2.75, 3.05) is 5.32 Å². The summed E-state index contributed by atoms with van der Waals surface area (Å²) < 4.78 is 14.1. The minimum Gasteiger partial charge on any atom is -0.870 e. The van der Waals surface area contributed by atoms with E-state index in [0.29, 0.717) is 11.5 Å². The molecule has 0 radical (unpaired) electrons. The van der Waals surface area contributed by atoms with E-state index in [1.165, 1.54) is 0 Å². The molecule has 4 aromatic rings. The van der Waals surface area contributed by atoms with Gasteiger partial charge in [0.2, 0.25) is 0 Å². The van der Waals surface area contributed by atoms with Crippen molar-refractivity contribution in [2.45, 2.75) is 31.3 Å². The average Bonchev–Trinajstić information content (AvgIpc) is 3.56. The molecule has 0 saturated heterocycles. The van der Waals surface area contributed by atoms with Crippen LogP contribution in [0.15, 0.2) is 78.9 Å². The molecule has 1 aliphatic rings. The summed E-state index contributed by atoms with van der Waals surface area (Å²) in [5.41, 5.74) is 5.09. The number of nitrogens with one attached hydrogen (secondary N) is 1. The quantitative estimate of drug-likeness (QED) is 0.303. The molecule has 2 N–H and O–H groups in total. The van der Waals surface area contributed by atoms with Crippen molar-refractivity contribution in [3.63, 3.8) is 0 Å². The third-order valence-corrected chi connectivity index (χ3v) is 6.66. The van der Waals surface area contributed by atoms with Crippen LogP contribution in [0.3, 0.4) is 0 Å². The molecule has 9 heteroatoms. The second kappa shape index (κ2) is 11.9. The SMILES string of the molecule is C[C@@H](OC(=O)Nc1nsnc1-c1ccc(-c2ccc(C3([C-]=O)CC3)cc2)cc1)c1ccccc1.[Na+].[OH-]. The summed E-state index contributed by atoms with van der Waals surface area (Å²) in [7, 11) is 0. The maximum absolute atomic E-state index is 12.4. The number of carbonyl (C=O) groups excluding carboxylic acids is 2. The van der Waals surface area contributed by atoms with Crippen LogP contribution < -0.4 is 34.9 Å². The molecule has 1 atom stereocenters. The molecular weight excluding hydrogens is 485 g/mol. The van der Waals surface area contributed by atoms with Crippen LogP contribution >= 0.6 is 11.7 Å².